The Morgan fingerprint density at radius 2 is 1.86 bits per heavy atom. The molecule has 2 heterocycles. The van der Waals surface area contributed by atoms with Gasteiger partial charge < -0.3 is 5.11 Å². The van der Waals surface area contributed by atoms with Crippen LogP contribution in [0.25, 0.3) is 0 Å². The maximum absolute atomic E-state index is 11.6. The molecule has 7 fully saturated rings. The molecule has 0 aromatic heterocycles. The van der Waals surface area contributed by atoms with Crippen LogP contribution in [-0.2, 0) is 6.42 Å². The number of aryl methyl sites for hydroxylation is 1. The van der Waals surface area contributed by atoms with E-state index in [4.69, 9.17) is 0 Å². The number of nitrogens with zero attached hydrogens (tertiary/aromatic N) is 1. The molecule has 0 radical (unpaired) electrons. The highest BCUT2D eigenvalue weighted by Crippen LogP contribution is 2.90. The van der Waals surface area contributed by atoms with E-state index in [1.54, 1.807) is 0 Å². The number of hydrogen-bond donors (Lipinski definition) is 1. The topological polar surface area (TPSA) is 23.5 Å². The summed E-state index contributed by atoms with van der Waals surface area (Å²) in [5.74, 6) is 7.03. The molecule has 1 N–H and O–H groups in total. The number of rotatable bonds is 4. The Labute approximate surface area is 131 Å². The first-order valence-electron chi connectivity index (χ1n) is 9.35. The largest absolute Gasteiger partial charge is 0.375 e. The lowest BCUT2D eigenvalue weighted by molar-refractivity contribution is -0.131. The number of hydrogen-bond acceptors (Lipinski definition) is 2. The van der Waals surface area contributed by atoms with Crippen molar-refractivity contribution < 1.29 is 5.11 Å². The predicted octanol–water partition coefficient (Wildman–Crippen LogP) is 2.38. The van der Waals surface area contributed by atoms with Crippen LogP contribution in [0.3, 0.4) is 0 Å². The van der Waals surface area contributed by atoms with Crippen LogP contribution in [0.15, 0.2) is 30.3 Å². The highest BCUT2D eigenvalue weighted by atomic mass is 16.3. The van der Waals surface area contributed by atoms with Crippen molar-refractivity contribution in [2.45, 2.75) is 31.0 Å². The molecule has 7 aliphatic rings. The van der Waals surface area contributed by atoms with Crippen molar-refractivity contribution in [3.63, 3.8) is 0 Å². The second-order valence-electron chi connectivity index (χ2n) is 8.98. The average Bonchev–Trinajstić information content (AvgIpc) is 3.14. The van der Waals surface area contributed by atoms with Gasteiger partial charge in [0, 0.05) is 24.4 Å². The first-order valence-corrected chi connectivity index (χ1v) is 9.35. The van der Waals surface area contributed by atoms with Crippen molar-refractivity contribution >= 4 is 0 Å². The Morgan fingerprint density at radius 3 is 2.73 bits per heavy atom. The lowest BCUT2D eigenvalue weighted by Crippen LogP contribution is -2.51. The van der Waals surface area contributed by atoms with E-state index in [2.05, 4.69) is 35.2 Å². The third-order valence-corrected chi connectivity index (χ3v) is 8.92. The van der Waals surface area contributed by atoms with E-state index in [9.17, 15) is 5.11 Å². The van der Waals surface area contributed by atoms with Gasteiger partial charge in [-0.2, -0.15) is 0 Å². The summed E-state index contributed by atoms with van der Waals surface area (Å²) in [6, 6.07) is 11.6. The van der Waals surface area contributed by atoms with Crippen LogP contribution in [0.1, 0.15) is 18.4 Å². The summed E-state index contributed by atoms with van der Waals surface area (Å²) < 4.78 is 0. The summed E-state index contributed by atoms with van der Waals surface area (Å²) in [4.78, 5) is 2.62. The molecule has 0 spiro atoms. The van der Waals surface area contributed by atoms with Crippen LogP contribution in [0.5, 0.6) is 0 Å². The van der Waals surface area contributed by atoms with Crippen molar-refractivity contribution in [1.82, 2.24) is 4.90 Å². The minimum absolute atomic E-state index is 0.367. The zero-order valence-electron chi connectivity index (χ0n) is 12.8. The van der Waals surface area contributed by atoms with Gasteiger partial charge >= 0.3 is 0 Å². The average molecular weight is 293 g/mol. The zero-order chi connectivity index (χ0) is 14.2. The second-order valence-corrected chi connectivity index (χ2v) is 8.98. The van der Waals surface area contributed by atoms with E-state index in [1.807, 2.05) is 0 Å². The molecule has 2 aliphatic heterocycles. The van der Waals surface area contributed by atoms with Gasteiger partial charge in [0.05, 0.1) is 0 Å². The molecule has 2 heteroatoms. The molecule has 0 unspecified atom stereocenters. The summed E-state index contributed by atoms with van der Waals surface area (Å²) in [5.41, 5.74) is 1.08. The maximum atomic E-state index is 11.6. The lowest BCUT2D eigenvalue weighted by Gasteiger charge is -2.45. The van der Waals surface area contributed by atoms with Crippen LogP contribution in [0.2, 0.25) is 0 Å². The molecule has 8 rings (SSSR count). The smallest absolute Gasteiger partial charge is 0.125 e. The monoisotopic (exact) mass is 293 g/mol. The standard InChI is InChI=1S/C20H23NO/c22-20-17-12-9-11-13-14(12)18(20)16(13)19(15(11)17)21(20)8-4-7-10-5-2-1-3-6-10/h1-3,5-6,11-19,22H,4,7-9H2/t11-,12+,13-,14+,15+,16-,17-,18+,19-,20+/m0/s1. The zero-order valence-corrected chi connectivity index (χ0v) is 12.8. The van der Waals surface area contributed by atoms with Gasteiger partial charge in [0.15, 0.2) is 0 Å². The van der Waals surface area contributed by atoms with Crippen molar-refractivity contribution in [3.05, 3.63) is 35.9 Å². The van der Waals surface area contributed by atoms with Gasteiger partial charge in [0.1, 0.15) is 5.72 Å². The summed E-state index contributed by atoms with van der Waals surface area (Å²) in [6.07, 6.45) is 3.84. The van der Waals surface area contributed by atoms with E-state index in [0.29, 0.717) is 11.8 Å². The van der Waals surface area contributed by atoms with Crippen LogP contribution in [0.4, 0.5) is 0 Å². The fourth-order valence-electron chi connectivity index (χ4n) is 8.96. The van der Waals surface area contributed by atoms with E-state index in [1.165, 1.54) is 18.4 Å². The molecule has 1 aromatic rings. The number of aliphatic hydroxyl groups is 1. The first-order chi connectivity index (χ1) is 10.8. The molecular formula is C20H23NO. The van der Waals surface area contributed by atoms with Crippen molar-refractivity contribution in [3.8, 4) is 0 Å². The molecule has 2 nitrogen and oxygen atoms in total. The Kier molecular flexibility index (Phi) is 1.76. The van der Waals surface area contributed by atoms with E-state index >= 15 is 0 Å². The van der Waals surface area contributed by atoms with Crippen LogP contribution in [-0.4, -0.2) is 28.3 Å². The van der Waals surface area contributed by atoms with Crippen LogP contribution in [0, 0.1) is 47.3 Å². The first kappa shape index (κ1) is 11.6. The molecule has 22 heavy (non-hydrogen) atoms. The summed E-state index contributed by atoms with van der Waals surface area (Å²) >= 11 is 0. The molecule has 114 valence electrons. The molecule has 0 amide bonds. The van der Waals surface area contributed by atoms with Gasteiger partial charge in [0.2, 0.25) is 0 Å². The fraction of sp³-hybridized carbons (Fsp3) is 0.700. The van der Waals surface area contributed by atoms with Gasteiger partial charge in [-0.3, -0.25) is 4.90 Å². The van der Waals surface area contributed by atoms with Gasteiger partial charge in [-0.05, 0) is 60.3 Å². The molecule has 1 aromatic carbocycles. The van der Waals surface area contributed by atoms with Gasteiger partial charge in [-0.25, -0.2) is 0 Å². The fourth-order valence-corrected chi connectivity index (χ4v) is 8.96. The molecule has 10 atom stereocenters. The third kappa shape index (κ3) is 0.911. The molecule has 5 saturated carbocycles. The summed E-state index contributed by atoms with van der Waals surface area (Å²) in [5, 5.41) is 11.6. The van der Waals surface area contributed by atoms with Crippen molar-refractivity contribution in [1.29, 1.82) is 0 Å². The SMILES string of the molecule is O[C@@]12[C@@H]3[C@@H]4[C@H]5C[C@H]6[C@@H]4[C@@H]3[C@H]([C@H]6[C@H]51)N2CCCc1ccccc1. The number of benzene rings is 1. The molecule has 2 saturated heterocycles. The predicted molar refractivity (Wildman–Crippen MR) is 82.7 cm³/mol. The van der Waals surface area contributed by atoms with E-state index in [-0.39, 0.29) is 5.72 Å². The van der Waals surface area contributed by atoms with Crippen LogP contribution < -0.4 is 0 Å². The second kappa shape index (κ2) is 3.32. The highest BCUT2D eigenvalue weighted by Gasteiger charge is 2.93. The highest BCUT2D eigenvalue weighted by molar-refractivity contribution is 5.40. The minimum atomic E-state index is -0.367. The quantitative estimate of drug-likeness (QED) is 0.921. The Bertz CT molecular complexity index is 674. The van der Waals surface area contributed by atoms with Crippen molar-refractivity contribution in [2.24, 2.45) is 47.3 Å². The van der Waals surface area contributed by atoms with Crippen LogP contribution >= 0.6 is 0 Å². The lowest BCUT2D eigenvalue weighted by atomic mass is 9.59. The molecule has 4 bridgehead atoms. The molecule has 5 aliphatic carbocycles. The van der Waals surface area contributed by atoms with E-state index in [0.717, 1.165) is 54.5 Å². The Hall–Kier alpha value is -0.860. The Morgan fingerprint density at radius 1 is 1.00 bits per heavy atom. The summed E-state index contributed by atoms with van der Waals surface area (Å²) in [6.45, 7) is 1.12. The molecular weight excluding hydrogens is 270 g/mol. The van der Waals surface area contributed by atoms with E-state index < -0.39 is 0 Å². The summed E-state index contributed by atoms with van der Waals surface area (Å²) in [7, 11) is 0. The van der Waals surface area contributed by atoms with Gasteiger partial charge in [-0.15, -0.1) is 0 Å². The van der Waals surface area contributed by atoms with Crippen molar-refractivity contribution in [2.75, 3.05) is 6.54 Å². The maximum Gasteiger partial charge on any atom is 0.125 e. The minimum Gasteiger partial charge on any atom is -0.375 e. The Balaban J connectivity index is 1.18. The third-order valence-electron chi connectivity index (χ3n) is 8.92. The van der Waals surface area contributed by atoms with Gasteiger partial charge in [-0.1, -0.05) is 30.3 Å². The van der Waals surface area contributed by atoms with Gasteiger partial charge in [0.25, 0.3) is 0 Å². The normalized spacial score (nSPS) is 60.9.